The van der Waals surface area contributed by atoms with E-state index in [9.17, 15) is 4.55 Å². The van der Waals surface area contributed by atoms with Gasteiger partial charge in [0.2, 0.25) is 4.21 Å². The van der Waals surface area contributed by atoms with E-state index in [1.54, 1.807) is 10.7 Å². The van der Waals surface area contributed by atoms with E-state index in [0.717, 1.165) is 56.1 Å². The Bertz CT molecular complexity index is 1410. The molecule has 1 fully saturated rings. The predicted octanol–water partition coefficient (Wildman–Crippen LogP) is 4.31. The lowest BCUT2D eigenvalue weighted by Crippen LogP contribution is -2.28. The maximum absolute atomic E-state index is 13.1. The average Bonchev–Trinajstić information content (AvgIpc) is 3.36. The Morgan fingerprint density at radius 1 is 1.13 bits per heavy atom. The third kappa shape index (κ3) is 3.08. The number of nitrogens with zero attached hydrogens (tertiary/aromatic N) is 5. The van der Waals surface area contributed by atoms with Crippen molar-refractivity contribution >= 4 is 44.2 Å². The summed E-state index contributed by atoms with van der Waals surface area (Å²) in [6.07, 6.45) is 8.21. The minimum atomic E-state index is -1.10. The third-order valence-corrected chi connectivity index (χ3v) is 9.02. The standard InChI is InChI=1S/C22H18N6OS2/c23-19-18-16(13-5-2-1-3-6-13)9-17(14-10-24-22-25-12-26-28(22)11-14)27-20(18)30-21(19)31(29)15-7-4-8-15/h1-3,5-6,9-12,15H,4,7-8,23H2/t31-/m1/s1. The monoisotopic (exact) mass is 446 g/mol. The van der Waals surface area contributed by atoms with Crippen molar-refractivity contribution in [2.24, 2.45) is 0 Å². The summed E-state index contributed by atoms with van der Waals surface area (Å²) in [6, 6.07) is 12.1. The van der Waals surface area contributed by atoms with Gasteiger partial charge in [-0.3, -0.25) is 0 Å². The lowest BCUT2D eigenvalue weighted by molar-refractivity contribution is 0.478. The van der Waals surface area contributed by atoms with Gasteiger partial charge in [0.1, 0.15) is 22.1 Å². The van der Waals surface area contributed by atoms with Crippen LogP contribution >= 0.6 is 11.3 Å². The first kappa shape index (κ1) is 18.7. The number of hydrogen-bond donors (Lipinski definition) is 1. The second-order valence-electron chi connectivity index (χ2n) is 7.60. The van der Waals surface area contributed by atoms with Crippen LogP contribution in [-0.2, 0) is 11.2 Å². The molecule has 0 amide bonds. The number of pyridine rings is 1. The maximum Gasteiger partial charge on any atom is 0.252 e. The number of anilines is 1. The molecule has 1 aliphatic rings. The number of hydrogen-bond acceptors (Lipinski definition) is 7. The molecule has 1 aromatic carbocycles. The number of nitrogen functional groups attached to an aromatic ring is 1. The molecule has 5 aromatic rings. The van der Waals surface area contributed by atoms with Crippen LogP contribution < -0.4 is 5.73 Å². The highest BCUT2D eigenvalue weighted by Crippen LogP contribution is 2.45. The number of rotatable bonds is 4. The van der Waals surface area contributed by atoms with E-state index in [1.165, 1.54) is 17.7 Å². The highest BCUT2D eigenvalue weighted by molar-refractivity contribution is 7.94. The Labute approximate surface area is 185 Å². The Hall–Kier alpha value is -3.01. The highest BCUT2D eigenvalue weighted by Gasteiger charge is 2.35. The van der Waals surface area contributed by atoms with E-state index in [0.29, 0.717) is 11.5 Å². The van der Waals surface area contributed by atoms with Gasteiger partial charge >= 0.3 is 0 Å². The second kappa shape index (κ2) is 7.30. The minimum absolute atomic E-state index is 0.203. The van der Waals surface area contributed by atoms with Gasteiger partial charge in [0.05, 0.1) is 5.69 Å². The van der Waals surface area contributed by atoms with Gasteiger partial charge in [0.15, 0.2) is 0 Å². The molecule has 2 N–H and O–H groups in total. The molecule has 31 heavy (non-hydrogen) atoms. The Morgan fingerprint density at radius 3 is 2.74 bits per heavy atom. The van der Waals surface area contributed by atoms with Crippen LogP contribution in [0.3, 0.4) is 0 Å². The van der Waals surface area contributed by atoms with Crippen LogP contribution in [0.25, 0.3) is 38.4 Å². The summed E-state index contributed by atoms with van der Waals surface area (Å²) >= 11 is 0.345. The Kier molecular flexibility index (Phi) is 4.41. The van der Waals surface area contributed by atoms with Gasteiger partial charge in [-0.2, -0.15) is 10.1 Å². The molecule has 0 unspecified atom stereocenters. The van der Waals surface area contributed by atoms with E-state index < -0.39 is 11.2 Å². The van der Waals surface area contributed by atoms with Crippen LogP contribution in [-0.4, -0.2) is 34.4 Å². The summed E-state index contributed by atoms with van der Waals surface area (Å²) < 4.78 is 15.5. The largest absolute Gasteiger partial charge is 0.611 e. The zero-order valence-corrected chi connectivity index (χ0v) is 18.1. The van der Waals surface area contributed by atoms with Gasteiger partial charge in [0.25, 0.3) is 5.78 Å². The van der Waals surface area contributed by atoms with Crippen LogP contribution in [0.5, 0.6) is 0 Å². The molecule has 1 aliphatic carbocycles. The molecule has 4 heterocycles. The number of nitrogens with two attached hydrogens (primary N) is 1. The summed E-state index contributed by atoms with van der Waals surface area (Å²) in [6.45, 7) is 0. The van der Waals surface area contributed by atoms with Crippen molar-refractivity contribution in [2.75, 3.05) is 5.73 Å². The van der Waals surface area contributed by atoms with Crippen LogP contribution in [0.15, 0.2) is 59.3 Å². The summed E-state index contributed by atoms with van der Waals surface area (Å²) in [4.78, 5) is 14.2. The smallest absolute Gasteiger partial charge is 0.252 e. The highest BCUT2D eigenvalue weighted by atomic mass is 32.2. The first-order valence-electron chi connectivity index (χ1n) is 10.0. The number of thiophene rings is 1. The number of benzene rings is 1. The molecular weight excluding hydrogens is 428 g/mol. The molecule has 6 rings (SSSR count). The molecule has 0 saturated heterocycles. The molecule has 0 aliphatic heterocycles. The topological polar surface area (TPSA) is 105 Å². The molecule has 1 saturated carbocycles. The second-order valence-corrected chi connectivity index (χ2v) is 10.5. The van der Waals surface area contributed by atoms with E-state index in [1.807, 2.05) is 30.5 Å². The van der Waals surface area contributed by atoms with Crippen LogP contribution in [0.2, 0.25) is 0 Å². The van der Waals surface area contributed by atoms with Crippen molar-refractivity contribution < 1.29 is 4.55 Å². The Morgan fingerprint density at radius 2 is 1.97 bits per heavy atom. The SMILES string of the molecule is Nc1c([S@+]([O-])C2CCC2)sc2nc(-c3cnc4ncnn4c3)cc(-c3ccccc3)c12. The van der Waals surface area contributed by atoms with Gasteiger partial charge in [-0.1, -0.05) is 41.7 Å². The van der Waals surface area contributed by atoms with Crippen molar-refractivity contribution in [3.8, 4) is 22.4 Å². The average molecular weight is 447 g/mol. The van der Waals surface area contributed by atoms with Gasteiger partial charge < -0.3 is 10.3 Å². The normalized spacial score (nSPS) is 15.4. The van der Waals surface area contributed by atoms with Crippen molar-refractivity contribution in [3.05, 3.63) is 55.1 Å². The fourth-order valence-corrected chi connectivity index (χ4v) is 7.04. The minimum Gasteiger partial charge on any atom is -0.611 e. The van der Waals surface area contributed by atoms with Crippen LogP contribution in [0.4, 0.5) is 5.69 Å². The first-order chi connectivity index (χ1) is 15.2. The molecule has 0 radical (unpaired) electrons. The van der Waals surface area contributed by atoms with Gasteiger partial charge in [-0.05, 0) is 36.5 Å². The van der Waals surface area contributed by atoms with E-state index >= 15 is 0 Å². The fourth-order valence-electron chi connectivity index (χ4n) is 3.83. The fraction of sp³-hybridized carbons (Fsp3) is 0.182. The zero-order chi connectivity index (χ0) is 20.9. The molecule has 4 aromatic heterocycles. The van der Waals surface area contributed by atoms with E-state index in [-0.39, 0.29) is 5.25 Å². The zero-order valence-electron chi connectivity index (χ0n) is 16.4. The van der Waals surface area contributed by atoms with E-state index in [4.69, 9.17) is 10.7 Å². The third-order valence-electron chi connectivity index (χ3n) is 5.72. The van der Waals surface area contributed by atoms with Gasteiger partial charge in [-0.25, -0.2) is 14.5 Å². The molecule has 1 atom stereocenters. The summed E-state index contributed by atoms with van der Waals surface area (Å²) in [5.74, 6) is 0.534. The molecular formula is C22H18N6OS2. The lowest BCUT2D eigenvalue weighted by Gasteiger charge is -2.27. The maximum atomic E-state index is 13.1. The van der Waals surface area contributed by atoms with Crippen molar-refractivity contribution in [1.29, 1.82) is 0 Å². The van der Waals surface area contributed by atoms with Crippen molar-refractivity contribution in [2.45, 2.75) is 28.7 Å². The Balaban J connectivity index is 1.58. The quantitative estimate of drug-likeness (QED) is 0.413. The van der Waals surface area contributed by atoms with Crippen molar-refractivity contribution in [3.63, 3.8) is 0 Å². The van der Waals surface area contributed by atoms with Crippen LogP contribution in [0, 0.1) is 0 Å². The van der Waals surface area contributed by atoms with E-state index in [2.05, 4.69) is 27.2 Å². The molecule has 7 nitrogen and oxygen atoms in total. The van der Waals surface area contributed by atoms with Crippen LogP contribution in [0.1, 0.15) is 19.3 Å². The number of fused-ring (bicyclic) bond motifs is 2. The predicted molar refractivity (Wildman–Crippen MR) is 123 cm³/mol. The molecule has 0 bridgehead atoms. The molecule has 154 valence electrons. The molecule has 9 heteroatoms. The van der Waals surface area contributed by atoms with Gasteiger partial charge in [0, 0.05) is 34.5 Å². The summed E-state index contributed by atoms with van der Waals surface area (Å²) in [7, 11) is 0. The first-order valence-corrected chi connectivity index (χ1v) is 12.1. The molecule has 0 spiro atoms. The van der Waals surface area contributed by atoms with Crippen molar-refractivity contribution in [1.82, 2.24) is 24.6 Å². The van der Waals surface area contributed by atoms with Gasteiger partial charge in [-0.15, -0.1) is 0 Å². The summed E-state index contributed by atoms with van der Waals surface area (Å²) in [5, 5.41) is 5.26. The lowest BCUT2D eigenvalue weighted by atomic mass is 10.00. The number of aromatic nitrogens is 5. The summed E-state index contributed by atoms with van der Waals surface area (Å²) in [5.41, 5.74) is 10.8.